The third-order valence-corrected chi connectivity index (χ3v) is 10.1. The van der Waals surface area contributed by atoms with Crippen molar-refractivity contribution >= 4 is 20.0 Å². The van der Waals surface area contributed by atoms with Crippen LogP contribution in [0.4, 0.5) is 0 Å². The van der Waals surface area contributed by atoms with Gasteiger partial charge in [0.2, 0.25) is 20.0 Å². The summed E-state index contributed by atoms with van der Waals surface area (Å²) in [5.41, 5.74) is 0. The van der Waals surface area contributed by atoms with Gasteiger partial charge in [-0.3, -0.25) is 0 Å². The maximum atomic E-state index is 12.9. The zero-order valence-electron chi connectivity index (χ0n) is 18.9. The summed E-state index contributed by atoms with van der Waals surface area (Å²) in [6, 6.07) is 12.8. The Balaban J connectivity index is 1.43. The predicted octanol–water partition coefficient (Wildman–Crippen LogP) is 4.61. The van der Waals surface area contributed by atoms with E-state index in [0.29, 0.717) is 37.7 Å². The molecule has 0 saturated carbocycles. The molecule has 7 nitrogen and oxygen atoms in total. The molecule has 0 aromatic heterocycles. The zero-order valence-corrected chi connectivity index (χ0v) is 20.5. The van der Waals surface area contributed by atoms with Crippen LogP contribution in [0.25, 0.3) is 0 Å². The van der Waals surface area contributed by atoms with Gasteiger partial charge >= 0.3 is 0 Å². The summed E-state index contributed by atoms with van der Waals surface area (Å²) in [5, 5.41) is 0. The van der Waals surface area contributed by atoms with Gasteiger partial charge in [-0.1, -0.05) is 25.7 Å². The van der Waals surface area contributed by atoms with E-state index in [9.17, 15) is 16.8 Å². The van der Waals surface area contributed by atoms with Crippen LogP contribution in [0.1, 0.15) is 51.4 Å². The first-order valence-electron chi connectivity index (χ1n) is 11.8. The summed E-state index contributed by atoms with van der Waals surface area (Å²) in [7, 11) is -7.01. The number of benzene rings is 2. The molecule has 180 valence electrons. The molecule has 2 fully saturated rings. The molecule has 0 radical (unpaired) electrons. The summed E-state index contributed by atoms with van der Waals surface area (Å²) < 4.78 is 60.6. The minimum atomic E-state index is -3.50. The van der Waals surface area contributed by atoms with E-state index in [4.69, 9.17) is 4.74 Å². The second-order valence-electron chi connectivity index (χ2n) is 8.68. The molecule has 2 saturated heterocycles. The van der Waals surface area contributed by atoms with Crippen LogP contribution < -0.4 is 4.74 Å². The lowest BCUT2D eigenvalue weighted by Gasteiger charge is -2.20. The van der Waals surface area contributed by atoms with Crippen molar-refractivity contribution in [3.63, 3.8) is 0 Å². The van der Waals surface area contributed by atoms with Crippen LogP contribution in [0.2, 0.25) is 0 Å². The third-order valence-electron chi connectivity index (χ3n) is 6.29. The second kappa shape index (κ2) is 10.5. The molecule has 2 heterocycles. The van der Waals surface area contributed by atoms with Crippen molar-refractivity contribution in [1.82, 2.24) is 8.61 Å². The van der Waals surface area contributed by atoms with Gasteiger partial charge in [-0.15, -0.1) is 0 Å². The molecule has 0 unspecified atom stereocenters. The molecular formula is C24H32N2O5S2. The molecule has 4 rings (SSSR count). The van der Waals surface area contributed by atoms with E-state index >= 15 is 0 Å². The van der Waals surface area contributed by atoms with E-state index in [2.05, 4.69) is 0 Å². The van der Waals surface area contributed by atoms with Crippen LogP contribution in [0, 0.1) is 0 Å². The Morgan fingerprint density at radius 3 is 1.09 bits per heavy atom. The first-order valence-corrected chi connectivity index (χ1v) is 14.6. The highest BCUT2D eigenvalue weighted by molar-refractivity contribution is 7.89. The monoisotopic (exact) mass is 492 g/mol. The molecule has 0 aliphatic carbocycles. The van der Waals surface area contributed by atoms with Crippen molar-refractivity contribution in [2.45, 2.75) is 61.2 Å². The SMILES string of the molecule is O=S(=O)(c1ccc(Oc2ccc(S(=O)(=O)N3CCCCCC3)cc2)cc1)N1CCCCCC1. The summed E-state index contributed by atoms with van der Waals surface area (Å²) >= 11 is 0. The van der Waals surface area contributed by atoms with Crippen molar-refractivity contribution in [3.8, 4) is 11.5 Å². The second-order valence-corrected chi connectivity index (χ2v) is 12.6. The Morgan fingerprint density at radius 1 is 0.485 bits per heavy atom. The van der Waals surface area contributed by atoms with Gasteiger partial charge in [-0.25, -0.2) is 16.8 Å². The lowest BCUT2D eigenvalue weighted by molar-refractivity contribution is 0.423. The minimum Gasteiger partial charge on any atom is -0.457 e. The molecule has 0 N–H and O–H groups in total. The van der Waals surface area contributed by atoms with Gasteiger partial charge in [0.15, 0.2) is 0 Å². The van der Waals surface area contributed by atoms with E-state index in [1.54, 1.807) is 57.1 Å². The summed E-state index contributed by atoms with van der Waals surface area (Å²) in [5.74, 6) is 0.987. The minimum absolute atomic E-state index is 0.260. The normalized spacial score (nSPS) is 19.5. The fraction of sp³-hybridized carbons (Fsp3) is 0.500. The number of rotatable bonds is 6. The van der Waals surface area contributed by atoms with E-state index in [1.165, 1.54) is 0 Å². The first kappa shape index (κ1) is 24.2. The van der Waals surface area contributed by atoms with Crippen LogP contribution in [-0.2, 0) is 20.0 Å². The average Bonchev–Trinajstić information content (AvgIpc) is 3.26. The predicted molar refractivity (Wildman–Crippen MR) is 127 cm³/mol. The lowest BCUT2D eigenvalue weighted by atomic mass is 10.2. The Labute approximate surface area is 197 Å². The van der Waals surface area contributed by atoms with Crippen LogP contribution in [-0.4, -0.2) is 51.6 Å². The molecule has 33 heavy (non-hydrogen) atoms. The van der Waals surface area contributed by atoms with Gasteiger partial charge in [-0.2, -0.15) is 8.61 Å². The van der Waals surface area contributed by atoms with Crippen molar-refractivity contribution in [2.24, 2.45) is 0 Å². The number of hydrogen-bond donors (Lipinski definition) is 0. The maximum absolute atomic E-state index is 12.9. The molecule has 2 aliphatic rings. The Bertz CT molecular complexity index is 1020. The van der Waals surface area contributed by atoms with Gasteiger partial charge in [0.25, 0.3) is 0 Å². The van der Waals surface area contributed by atoms with E-state index in [0.717, 1.165) is 51.4 Å². The van der Waals surface area contributed by atoms with Gasteiger partial charge < -0.3 is 4.74 Å². The largest absolute Gasteiger partial charge is 0.457 e. The summed E-state index contributed by atoms with van der Waals surface area (Å²) in [6.07, 6.45) is 7.84. The standard InChI is InChI=1S/C24H32N2O5S2/c27-32(28,25-17-5-1-2-6-18-25)23-13-9-21(10-14-23)31-22-11-15-24(16-12-22)33(29,30)26-19-7-3-4-8-20-26/h9-16H,1-8,17-20H2. The third kappa shape index (κ3) is 5.77. The van der Waals surface area contributed by atoms with Crippen LogP contribution in [0.5, 0.6) is 11.5 Å². The van der Waals surface area contributed by atoms with E-state index < -0.39 is 20.0 Å². The maximum Gasteiger partial charge on any atom is 0.243 e. The fourth-order valence-electron chi connectivity index (χ4n) is 4.36. The summed E-state index contributed by atoms with van der Waals surface area (Å²) in [6.45, 7) is 2.25. The van der Waals surface area contributed by atoms with Gasteiger partial charge in [0.1, 0.15) is 11.5 Å². The smallest absolute Gasteiger partial charge is 0.243 e. The van der Waals surface area contributed by atoms with Crippen molar-refractivity contribution in [1.29, 1.82) is 0 Å². The van der Waals surface area contributed by atoms with Gasteiger partial charge in [0, 0.05) is 26.2 Å². The molecule has 0 bridgehead atoms. The number of ether oxygens (including phenoxy) is 1. The van der Waals surface area contributed by atoms with Crippen LogP contribution >= 0.6 is 0 Å². The fourth-order valence-corrected chi connectivity index (χ4v) is 7.39. The Kier molecular flexibility index (Phi) is 7.73. The highest BCUT2D eigenvalue weighted by atomic mass is 32.2. The molecule has 9 heteroatoms. The molecule has 2 aromatic carbocycles. The first-order chi connectivity index (χ1) is 15.9. The van der Waals surface area contributed by atoms with E-state index in [-0.39, 0.29) is 9.79 Å². The van der Waals surface area contributed by atoms with Gasteiger partial charge in [0.05, 0.1) is 9.79 Å². The lowest BCUT2D eigenvalue weighted by Crippen LogP contribution is -2.31. The molecule has 0 spiro atoms. The average molecular weight is 493 g/mol. The molecule has 0 amide bonds. The van der Waals surface area contributed by atoms with Crippen molar-refractivity contribution in [2.75, 3.05) is 26.2 Å². The molecular weight excluding hydrogens is 460 g/mol. The van der Waals surface area contributed by atoms with Crippen LogP contribution in [0.15, 0.2) is 58.3 Å². The number of sulfonamides is 2. The van der Waals surface area contributed by atoms with E-state index in [1.807, 2.05) is 0 Å². The Morgan fingerprint density at radius 2 is 0.788 bits per heavy atom. The molecule has 2 aromatic rings. The quantitative estimate of drug-likeness (QED) is 0.588. The van der Waals surface area contributed by atoms with Crippen molar-refractivity contribution in [3.05, 3.63) is 48.5 Å². The molecule has 2 aliphatic heterocycles. The van der Waals surface area contributed by atoms with Crippen molar-refractivity contribution < 1.29 is 21.6 Å². The topological polar surface area (TPSA) is 84.0 Å². The van der Waals surface area contributed by atoms with Gasteiger partial charge in [-0.05, 0) is 74.2 Å². The summed E-state index contributed by atoms with van der Waals surface area (Å²) in [4.78, 5) is 0.520. The highest BCUT2D eigenvalue weighted by Crippen LogP contribution is 2.27. The zero-order chi connectivity index (χ0) is 23.3. The van der Waals surface area contributed by atoms with Crippen LogP contribution in [0.3, 0.4) is 0 Å². The highest BCUT2D eigenvalue weighted by Gasteiger charge is 2.26. The molecule has 0 atom stereocenters. The number of hydrogen-bond acceptors (Lipinski definition) is 5. The Hall–Kier alpha value is -1.94. The number of nitrogens with zero attached hydrogens (tertiary/aromatic N) is 2.